The molecule has 0 aliphatic carbocycles. The number of rotatable bonds is 12. The lowest BCUT2D eigenvalue weighted by atomic mass is 10.2. The number of nitrogens with zero attached hydrogens (tertiary/aromatic N) is 1. The van der Waals surface area contributed by atoms with E-state index in [1.54, 1.807) is 72.8 Å². The minimum Gasteiger partial charge on any atom is -0.494 e. The van der Waals surface area contributed by atoms with Crippen LogP contribution in [0.4, 0.5) is 0 Å². The molecule has 1 N–H and O–H groups in total. The number of amides is 1. The zero-order chi connectivity index (χ0) is 25.8. The molecule has 1 amide bonds. The summed E-state index contributed by atoms with van der Waals surface area (Å²) < 4.78 is 22.0. The molecule has 0 unspecified atom stereocenters. The van der Waals surface area contributed by atoms with Crippen molar-refractivity contribution in [3.8, 4) is 23.0 Å². The zero-order valence-electron chi connectivity index (χ0n) is 20.2. The summed E-state index contributed by atoms with van der Waals surface area (Å²) in [5, 5.41) is 4.01. The third-order valence-electron chi connectivity index (χ3n) is 4.74. The maximum Gasteiger partial charge on any atom is 0.343 e. The van der Waals surface area contributed by atoms with Gasteiger partial charge in [0.25, 0.3) is 5.91 Å². The number of hydrogen-bond acceptors (Lipinski definition) is 7. The molecule has 8 heteroatoms. The topological polar surface area (TPSA) is 95.5 Å². The fraction of sp³-hybridized carbons (Fsp3) is 0.179. The van der Waals surface area contributed by atoms with Crippen molar-refractivity contribution in [3.05, 3.63) is 96.1 Å². The molecule has 0 spiro atoms. The Morgan fingerprint density at radius 1 is 0.833 bits per heavy atom. The molecule has 0 radical (unpaired) electrons. The fourth-order valence-electron chi connectivity index (χ4n) is 3.06. The summed E-state index contributed by atoms with van der Waals surface area (Å²) in [6.07, 6.45) is 3.12. The number of hydrogen-bond donors (Lipinski definition) is 1. The number of carbonyl (C=O) groups is 2. The zero-order valence-corrected chi connectivity index (χ0v) is 20.2. The second kappa shape index (κ2) is 13.3. The fourth-order valence-corrected chi connectivity index (χ4v) is 3.06. The Morgan fingerprint density at radius 2 is 1.47 bits per heavy atom. The van der Waals surface area contributed by atoms with Gasteiger partial charge >= 0.3 is 5.97 Å². The minimum atomic E-state index is -0.520. The molecule has 0 fully saturated rings. The first-order chi connectivity index (χ1) is 17.5. The molecule has 0 bridgehead atoms. The number of nitrogens with one attached hydrogen (secondary N) is 1. The second-order valence-electron chi connectivity index (χ2n) is 7.31. The first-order valence-electron chi connectivity index (χ1n) is 11.4. The number of carbonyl (C=O) groups excluding carboxylic acids is 2. The molecule has 0 aromatic heterocycles. The van der Waals surface area contributed by atoms with Gasteiger partial charge in [0, 0.05) is 5.56 Å². The van der Waals surface area contributed by atoms with E-state index in [0.717, 1.165) is 0 Å². The predicted octanol–water partition coefficient (Wildman–Crippen LogP) is 5.03. The van der Waals surface area contributed by atoms with E-state index in [4.69, 9.17) is 18.9 Å². The van der Waals surface area contributed by atoms with Gasteiger partial charge in [0.1, 0.15) is 18.1 Å². The molecule has 0 saturated heterocycles. The SMILES string of the molecule is C=CCOc1ccc(C(=O)NN=Cc2ccc(OC(=O)c3ccc(OCC)cc3)c(OCC)c2)cc1. The molecule has 36 heavy (non-hydrogen) atoms. The van der Waals surface area contributed by atoms with Crippen LogP contribution < -0.4 is 24.4 Å². The Balaban J connectivity index is 1.63. The van der Waals surface area contributed by atoms with E-state index in [1.807, 2.05) is 13.8 Å². The number of hydrazone groups is 1. The third kappa shape index (κ3) is 7.46. The Hall–Kier alpha value is -4.59. The Bertz CT molecular complexity index is 1200. The molecule has 0 heterocycles. The molecule has 0 atom stereocenters. The van der Waals surface area contributed by atoms with Gasteiger partial charge in [-0.25, -0.2) is 10.2 Å². The smallest absolute Gasteiger partial charge is 0.343 e. The maximum absolute atomic E-state index is 12.6. The van der Waals surface area contributed by atoms with E-state index in [1.165, 1.54) is 6.21 Å². The molecule has 3 aromatic carbocycles. The molecule has 3 aromatic rings. The van der Waals surface area contributed by atoms with Crippen LogP contribution in [0.2, 0.25) is 0 Å². The van der Waals surface area contributed by atoms with Gasteiger partial charge < -0.3 is 18.9 Å². The Morgan fingerprint density at radius 3 is 2.11 bits per heavy atom. The van der Waals surface area contributed by atoms with Crippen molar-refractivity contribution in [2.24, 2.45) is 5.10 Å². The van der Waals surface area contributed by atoms with Gasteiger partial charge in [-0.3, -0.25) is 4.79 Å². The first kappa shape index (κ1) is 26.0. The van der Waals surface area contributed by atoms with E-state index in [2.05, 4.69) is 17.1 Å². The summed E-state index contributed by atoms with van der Waals surface area (Å²) >= 11 is 0. The van der Waals surface area contributed by atoms with Crippen molar-refractivity contribution >= 4 is 18.1 Å². The summed E-state index contributed by atoms with van der Waals surface area (Å²) in [4.78, 5) is 24.9. The van der Waals surface area contributed by atoms with Gasteiger partial charge in [0.2, 0.25) is 0 Å². The lowest BCUT2D eigenvalue weighted by Crippen LogP contribution is -2.17. The number of ether oxygens (including phenoxy) is 4. The van der Waals surface area contributed by atoms with Gasteiger partial charge in [-0.1, -0.05) is 12.7 Å². The molecule has 0 saturated carbocycles. The van der Waals surface area contributed by atoms with Crippen molar-refractivity contribution in [1.82, 2.24) is 5.43 Å². The van der Waals surface area contributed by atoms with E-state index in [9.17, 15) is 9.59 Å². The largest absolute Gasteiger partial charge is 0.494 e. The molecule has 8 nitrogen and oxygen atoms in total. The van der Waals surface area contributed by atoms with E-state index < -0.39 is 5.97 Å². The van der Waals surface area contributed by atoms with Gasteiger partial charge in [0.05, 0.1) is 25.0 Å². The maximum atomic E-state index is 12.6. The van der Waals surface area contributed by atoms with Crippen molar-refractivity contribution in [3.63, 3.8) is 0 Å². The highest BCUT2D eigenvalue weighted by Crippen LogP contribution is 2.29. The van der Waals surface area contributed by atoms with Gasteiger partial charge in [0.15, 0.2) is 11.5 Å². The lowest BCUT2D eigenvalue weighted by molar-refractivity contribution is 0.0728. The van der Waals surface area contributed by atoms with E-state index >= 15 is 0 Å². The molecule has 186 valence electrons. The van der Waals surface area contributed by atoms with Crippen molar-refractivity contribution < 1.29 is 28.5 Å². The van der Waals surface area contributed by atoms with E-state index in [0.29, 0.717) is 53.8 Å². The average molecular weight is 489 g/mol. The highest BCUT2D eigenvalue weighted by Gasteiger charge is 2.13. The van der Waals surface area contributed by atoms with Crippen LogP contribution in [-0.2, 0) is 0 Å². The minimum absolute atomic E-state index is 0.274. The summed E-state index contributed by atoms with van der Waals surface area (Å²) in [5.74, 6) is 1.08. The van der Waals surface area contributed by atoms with Crippen LogP contribution in [0.15, 0.2) is 84.5 Å². The first-order valence-corrected chi connectivity index (χ1v) is 11.4. The van der Waals surface area contributed by atoms with Crippen LogP contribution in [0.5, 0.6) is 23.0 Å². The van der Waals surface area contributed by atoms with Crippen LogP contribution in [0.3, 0.4) is 0 Å². The van der Waals surface area contributed by atoms with Gasteiger partial charge in [-0.05, 0) is 86.1 Å². The lowest BCUT2D eigenvalue weighted by Gasteiger charge is -2.11. The quantitative estimate of drug-likeness (QED) is 0.126. The second-order valence-corrected chi connectivity index (χ2v) is 7.31. The molecule has 0 aliphatic heterocycles. The van der Waals surface area contributed by atoms with Gasteiger partial charge in [-0.2, -0.15) is 5.10 Å². The molecule has 3 rings (SSSR count). The van der Waals surface area contributed by atoms with Gasteiger partial charge in [-0.15, -0.1) is 0 Å². The predicted molar refractivity (Wildman–Crippen MR) is 137 cm³/mol. The average Bonchev–Trinajstić information content (AvgIpc) is 2.90. The molecular weight excluding hydrogens is 460 g/mol. The standard InChI is InChI=1S/C28H28N2O6/c1-4-17-35-24-12-8-21(9-13-24)27(31)30-29-19-20-7-16-25(26(18-20)34-6-3)36-28(32)22-10-14-23(15-11-22)33-5-2/h4,7-16,18-19H,1,5-6,17H2,2-3H3,(H,30,31). The van der Waals surface area contributed by atoms with Crippen molar-refractivity contribution in [2.45, 2.75) is 13.8 Å². The highest BCUT2D eigenvalue weighted by atomic mass is 16.6. The van der Waals surface area contributed by atoms with Crippen LogP contribution in [0, 0.1) is 0 Å². The van der Waals surface area contributed by atoms with E-state index in [-0.39, 0.29) is 11.7 Å². The summed E-state index contributed by atoms with van der Waals surface area (Å²) in [5.41, 5.74) is 3.95. The summed E-state index contributed by atoms with van der Waals surface area (Å²) in [6, 6.07) is 18.4. The Kier molecular flexibility index (Phi) is 9.64. The molecular formula is C28H28N2O6. The highest BCUT2D eigenvalue weighted by molar-refractivity contribution is 5.95. The summed E-state index contributed by atoms with van der Waals surface area (Å²) in [7, 11) is 0. The summed E-state index contributed by atoms with van der Waals surface area (Å²) in [6.45, 7) is 8.61. The normalized spacial score (nSPS) is 10.5. The molecule has 0 aliphatic rings. The van der Waals surface area contributed by atoms with Crippen molar-refractivity contribution in [2.75, 3.05) is 19.8 Å². The van der Waals surface area contributed by atoms with Crippen LogP contribution in [0.1, 0.15) is 40.1 Å². The van der Waals surface area contributed by atoms with Crippen LogP contribution >= 0.6 is 0 Å². The monoisotopic (exact) mass is 488 g/mol. The van der Waals surface area contributed by atoms with Crippen LogP contribution in [0.25, 0.3) is 0 Å². The third-order valence-corrected chi connectivity index (χ3v) is 4.74. The van der Waals surface area contributed by atoms with Crippen molar-refractivity contribution in [1.29, 1.82) is 0 Å². The number of benzene rings is 3. The number of esters is 1. The van der Waals surface area contributed by atoms with Crippen LogP contribution in [-0.4, -0.2) is 37.9 Å². The Labute approximate surface area is 210 Å².